The molecule has 1 aliphatic heterocycles. The summed E-state index contributed by atoms with van der Waals surface area (Å²) in [6, 6.07) is 8.59. The van der Waals surface area contributed by atoms with Gasteiger partial charge in [0.25, 0.3) is 0 Å². The second-order valence-electron chi connectivity index (χ2n) is 20.5. The zero-order valence-electron chi connectivity index (χ0n) is 41.8. The number of nitrogens with one attached hydrogen (secondary N) is 2. The summed E-state index contributed by atoms with van der Waals surface area (Å²) in [5, 5.41) is 35.8. The monoisotopic (exact) mass is 1110 g/mol. The number of amides is 2. The molecule has 2 amide bonds. The summed E-state index contributed by atoms with van der Waals surface area (Å²) in [5.41, 5.74) is 6.61. The molecule has 1 saturated carbocycles. The number of ketones is 1. The Morgan fingerprint density at radius 3 is 2.22 bits per heavy atom. The molecule has 7 unspecified atom stereocenters. The number of carboxylic acid groups (broad SMARTS) is 1. The number of ether oxygens (including phenoxy) is 1. The van der Waals surface area contributed by atoms with Crippen molar-refractivity contribution in [1.82, 2.24) is 30.2 Å². The van der Waals surface area contributed by atoms with Gasteiger partial charge in [0.2, 0.25) is 11.8 Å². The minimum absolute atomic E-state index is 0.00618. The number of anilines is 1. The third-order valence-corrected chi connectivity index (χ3v) is 16.0. The third-order valence-electron chi connectivity index (χ3n) is 12.9. The van der Waals surface area contributed by atoms with Gasteiger partial charge in [0, 0.05) is 37.8 Å². The van der Waals surface area contributed by atoms with E-state index in [2.05, 4.69) is 58.7 Å². The fourth-order valence-electron chi connectivity index (χ4n) is 8.68. The maximum atomic E-state index is 12.9. The number of rotatable bonds is 33. The number of aliphatic carboxylic acids is 1. The molecule has 3 heterocycles. The molecule has 0 bridgehead atoms. The average Bonchev–Trinajstić information content (AvgIpc) is 3.80. The van der Waals surface area contributed by atoms with Crippen molar-refractivity contribution in [3.05, 3.63) is 48.0 Å². The van der Waals surface area contributed by atoms with Crippen LogP contribution in [0.1, 0.15) is 122 Å². The number of hydrogen-bond donors (Lipinski definition) is 10. The SMILES string of the molecule is CC(C)(CCCCc1cccc(CCCCC2(CC(=O)CCNC(=O)CCNC(=O)C(O)C(C)(C)COP(=O)(O)OP(=O)(O)OCC3OC(n4cnc5c(N)ncnc54)C(O)C3OP(=O)(O)O)CC2)c1)CC(=O)O. The van der Waals surface area contributed by atoms with E-state index in [1.807, 2.05) is 13.8 Å². The number of nitrogens with two attached hydrogens (primary N) is 1. The van der Waals surface area contributed by atoms with Crippen molar-refractivity contribution in [2.45, 2.75) is 148 Å². The molecule has 74 heavy (non-hydrogen) atoms. The fourth-order valence-corrected chi connectivity index (χ4v) is 11.5. The van der Waals surface area contributed by atoms with Crippen LogP contribution in [0.5, 0.6) is 0 Å². The van der Waals surface area contributed by atoms with Crippen LogP contribution in [0.2, 0.25) is 0 Å². The standard InChI is InChI=1S/C45H70N7O19P3/c1-43(2,24-34(55)56)16-7-5-10-29-12-9-13-30(22-29)11-6-8-17-45(18-19-45)23-31(53)14-20-47-33(54)15-21-48-41(59)38(58)44(3,4)26-68-74(65,66)71-73(63,64)67-25-32-37(70-72(60,61)62)36(57)42(69-32)52-28-51-35-39(46)49-27-50-40(35)52/h9,12-13,22,27-28,32,36-38,42,57-58H,5-8,10-11,14-21,23-26H2,1-4H3,(H,47,54)(H,48,59)(H,55,56)(H,63,64)(H,65,66)(H2,46,49,50)(H2,60,61,62). The van der Waals surface area contributed by atoms with Crippen molar-refractivity contribution in [1.29, 1.82) is 0 Å². The molecule has 11 N–H and O–H groups in total. The second-order valence-corrected chi connectivity index (χ2v) is 24.7. The van der Waals surface area contributed by atoms with E-state index >= 15 is 0 Å². The van der Waals surface area contributed by atoms with E-state index in [1.165, 1.54) is 25.0 Å². The smallest absolute Gasteiger partial charge is 0.481 e. The molecule has 26 nitrogen and oxygen atoms in total. The fraction of sp³-hybridized carbons (Fsp3) is 0.667. The van der Waals surface area contributed by atoms with E-state index in [0.29, 0.717) is 6.42 Å². The van der Waals surface area contributed by atoms with E-state index in [4.69, 9.17) is 24.6 Å². The van der Waals surface area contributed by atoms with Crippen LogP contribution in [-0.4, -0.2) is 129 Å². The molecule has 0 spiro atoms. The van der Waals surface area contributed by atoms with Gasteiger partial charge < -0.3 is 56.0 Å². The number of carbonyl (C=O) groups is 4. The van der Waals surface area contributed by atoms with Gasteiger partial charge in [0.15, 0.2) is 17.7 Å². The highest BCUT2D eigenvalue weighted by Crippen LogP contribution is 2.61. The maximum Gasteiger partial charge on any atom is 0.481 e. The number of phosphoric ester groups is 3. The largest absolute Gasteiger partial charge is 0.481 e. The zero-order chi connectivity index (χ0) is 54.7. The van der Waals surface area contributed by atoms with Crippen molar-refractivity contribution >= 4 is 64.0 Å². The summed E-state index contributed by atoms with van der Waals surface area (Å²) in [5.74, 6) is -2.20. The molecule has 414 valence electrons. The number of carbonyl (C=O) groups excluding carboxylic acids is 3. The molecule has 29 heteroatoms. The topological polar surface area (TPSA) is 401 Å². The Bertz CT molecular complexity index is 2570. The summed E-state index contributed by atoms with van der Waals surface area (Å²) in [7, 11) is -16.5. The van der Waals surface area contributed by atoms with Crippen molar-refractivity contribution < 1.29 is 90.4 Å². The number of aromatic nitrogens is 4. The lowest BCUT2D eigenvalue weighted by Gasteiger charge is -2.30. The predicted molar refractivity (Wildman–Crippen MR) is 263 cm³/mol. The number of nitrogen functional groups attached to an aromatic ring is 1. The van der Waals surface area contributed by atoms with Crippen LogP contribution in [0, 0.1) is 16.2 Å². The van der Waals surface area contributed by atoms with Crippen molar-refractivity contribution in [3.8, 4) is 0 Å². The first kappa shape index (κ1) is 60.8. The number of aliphatic hydroxyl groups is 2. The van der Waals surface area contributed by atoms with Gasteiger partial charge in [-0.1, -0.05) is 64.8 Å². The second kappa shape index (κ2) is 25.8. The number of Topliss-reactive ketones (excluding diaryl/α,β-unsaturated/α-hetero) is 1. The molecular formula is C45H70N7O19P3. The number of imidazole rings is 1. The Labute approximate surface area is 428 Å². The molecule has 1 aromatic carbocycles. The molecule has 0 radical (unpaired) electrons. The first-order valence-corrected chi connectivity index (χ1v) is 28.7. The van der Waals surface area contributed by atoms with E-state index in [0.717, 1.165) is 81.4 Å². The molecule has 7 atom stereocenters. The van der Waals surface area contributed by atoms with E-state index in [9.17, 15) is 62.7 Å². The summed E-state index contributed by atoms with van der Waals surface area (Å²) in [6.07, 6.45) is 3.43. The van der Waals surface area contributed by atoms with Gasteiger partial charge in [-0.05, 0) is 73.3 Å². The molecule has 3 aromatic rings. The zero-order valence-corrected chi connectivity index (χ0v) is 44.5. The van der Waals surface area contributed by atoms with Crippen LogP contribution in [0.25, 0.3) is 11.2 Å². The molecule has 1 saturated heterocycles. The Morgan fingerprint density at radius 1 is 0.919 bits per heavy atom. The number of aryl methyl sites for hydroxylation is 2. The van der Waals surface area contributed by atoms with E-state index in [-0.39, 0.29) is 65.9 Å². The molecule has 1 aliphatic carbocycles. The van der Waals surface area contributed by atoms with Crippen LogP contribution in [0.4, 0.5) is 5.82 Å². The van der Waals surface area contributed by atoms with Crippen molar-refractivity contribution in [2.75, 3.05) is 32.0 Å². The van der Waals surface area contributed by atoms with Gasteiger partial charge >= 0.3 is 29.4 Å². The van der Waals surface area contributed by atoms with Gasteiger partial charge in [0.05, 0.1) is 26.0 Å². The molecule has 2 fully saturated rings. The van der Waals surface area contributed by atoms with Crippen LogP contribution in [0.15, 0.2) is 36.9 Å². The lowest BCUT2D eigenvalue weighted by atomic mass is 9.83. The van der Waals surface area contributed by atoms with Gasteiger partial charge in [-0.25, -0.2) is 28.6 Å². The first-order valence-electron chi connectivity index (χ1n) is 24.2. The summed E-state index contributed by atoms with van der Waals surface area (Å²) in [6.45, 7) is 4.36. The van der Waals surface area contributed by atoms with Crippen LogP contribution < -0.4 is 16.4 Å². The highest BCUT2D eigenvalue weighted by Gasteiger charge is 2.50. The van der Waals surface area contributed by atoms with Crippen molar-refractivity contribution in [3.63, 3.8) is 0 Å². The van der Waals surface area contributed by atoms with E-state index < -0.39 is 90.5 Å². The van der Waals surface area contributed by atoms with Gasteiger partial charge in [-0.3, -0.25) is 37.3 Å². The number of carboxylic acids is 1. The Hall–Kier alpha value is -4.10. The lowest BCUT2D eigenvalue weighted by molar-refractivity contribution is -0.139. The number of nitrogens with zero attached hydrogens (tertiary/aromatic N) is 4. The van der Waals surface area contributed by atoms with Gasteiger partial charge in [0.1, 0.15) is 42.0 Å². The number of fused-ring (bicyclic) bond motifs is 1. The van der Waals surface area contributed by atoms with Gasteiger partial charge in [-0.15, -0.1) is 0 Å². The lowest BCUT2D eigenvalue weighted by Crippen LogP contribution is -2.46. The maximum absolute atomic E-state index is 12.9. The van der Waals surface area contributed by atoms with E-state index in [1.54, 1.807) is 0 Å². The number of unbranched alkanes of at least 4 members (excludes halogenated alkanes) is 2. The summed E-state index contributed by atoms with van der Waals surface area (Å²) < 4.78 is 62.6. The Balaban J connectivity index is 0.956. The molecule has 2 aliphatic rings. The number of phosphoric acid groups is 3. The van der Waals surface area contributed by atoms with Crippen LogP contribution >= 0.6 is 23.5 Å². The highest BCUT2D eigenvalue weighted by atomic mass is 31.3. The van der Waals surface area contributed by atoms with Gasteiger partial charge in [-0.2, -0.15) is 4.31 Å². The molecule has 2 aromatic heterocycles. The minimum atomic E-state index is -5.60. The molecule has 5 rings (SSSR count). The normalized spacial score (nSPS) is 20.9. The quantitative estimate of drug-likeness (QED) is 0.0302. The number of hydrogen-bond acceptors (Lipinski definition) is 18. The third kappa shape index (κ3) is 19.2. The highest BCUT2D eigenvalue weighted by molar-refractivity contribution is 7.61. The van der Waals surface area contributed by atoms with Crippen LogP contribution in [0.3, 0.4) is 0 Å². The van der Waals surface area contributed by atoms with Crippen molar-refractivity contribution in [2.24, 2.45) is 16.2 Å². The minimum Gasteiger partial charge on any atom is -0.481 e. The molecular weight excluding hydrogens is 1040 g/mol. The average molecular weight is 1110 g/mol. The predicted octanol–water partition coefficient (Wildman–Crippen LogP) is 4.16. The first-order chi connectivity index (χ1) is 34.5. The summed E-state index contributed by atoms with van der Waals surface area (Å²) in [4.78, 5) is 101. The number of benzene rings is 1. The number of aliphatic hydroxyl groups excluding tert-OH is 2. The summed E-state index contributed by atoms with van der Waals surface area (Å²) >= 11 is 0. The Kier molecular flexibility index (Phi) is 21.2. The van der Waals surface area contributed by atoms with Crippen LogP contribution in [-0.2, 0) is 68.3 Å². The Morgan fingerprint density at radius 2 is 1.57 bits per heavy atom.